The number of benzene rings is 1. The highest BCUT2D eigenvalue weighted by atomic mass is 32.1. The highest BCUT2D eigenvalue weighted by Gasteiger charge is 2.14. The van der Waals surface area contributed by atoms with E-state index in [1.54, 1.807) is 0 Å². The fourth-order valence-corrected chi connectivity index (χ4v) is 2.24. The number of carbonyl (C=O) groups is 1. The minimum Gasteiger partial charge on any atom is -0.465 e. The van der Waals surface area contributed by atoms with Crippen molar-refractivity contribution in [1.29, 1.82) is 0 Å². The third-order valence-electron chi connectivity index (χ3n) is 2.12. The fourth-order valence-electron chi connectivity index (χ4n) is 1.41. The van der Waals surface area contributed by atoms with Gasteiger partial charge in [0, 0.05) is 5.56 Å². The first-order valence-electron chi connectivity index (χ1n) is 4.54. The minimum atomic E-state index is -0.274. The standard InChI is InChI=1S/C12H10O2S/c1-14-12(13)11-10(7-8-15-11)9-5-3-2-4-6-9/h2-8H,1H3. The molecule has 0 aliphatic heterocycles. The minimum absolute atomic E-state index is 0.274. The molecule has 2 nitrogen and oxygen atoms in total. The molecule has 0 amide bonds. The van der Waals surface area contributed by atoms with Gasteiger partial charge < -0.3 is 4.74 Å². The van der Waals surface area contributed by atoms with Gasteiger partial charge in [-0.15, -0.1) is 11.3 Å². The van der Waals surface area contributed by atoms with Crippen molar-refractivity contribution in [3.63, 3.8) is 0 Å². The Kier molecular flexibility index (Phi) is 2.83. The summed E-state index contributed by atoms with van der Waals surface area (Å²) in [5, 5.41) is 1.90. The smallest absolute Gasteiger partial charge is 0.348 e. The van der Waals surface area contributed by atoms with E-state index in [1.807, 2.05) is 41.8 Å². The molecule has 0 aliphatic rings. The molecule has 0 aliphatic carbocycles. The second-order valence-corrected chi connectivity index (χ2v) is 3.94. The van der Waals surface area contributed by atoms with E-state index in [9.17, 15) is 4.79 Å². The van der Waals surface area contributed by atoms with Crippen molar-refractivity contribution in [2.45, 2.75) is 0 Å². The molecule has 3 heteroatoms. The predicted molar refractivity (Wildman–Crippen MR) is 61.1 cm³/mol. The van der Waals surface area contributed by atoms with E-state index < -0.39 is 0 Å². The number of methoxy groups -OCH3 is 1. The maximum atomic E-state index is 11.5. The topological polar surface area (TPSA) is 26.3 Å². The second-order valence-electron chi connectivity index (χ2n) is 3.02. The maximum Gasteiger partial charge on any atom is 0.348 e. The SMILES string of the molecule is COC(=O)c1sccc1-c1ccccc1. The van der Waals surface area contributed by atoms with Gasteiger partial charge in [0.25, 0.3) is 0 Å². The number of hydrogen-bond donors (Lipinski definition) is 0. The number of esters is 1. The molecule has 0 radical (unpaired) electrons. The first kappa shape index (κ1) is 9.93. The van der Waals surface area contributed by atoms with Crippen molar-refractivity contribution in [3.8, 4) is 11.1 Å². The molecule has 2 aromatic rings. The van der Waals surface area contributed by atoms with Crippen LogP contribution in [0.4, 0.5) is 0 Å². The van der Waals surface area contributed by atoms with Crippen LogP contribution in [0.2, 0.25) is 0 Å². The molecule has 1 heterocycles. The molecule has 0 spiro atoms. The van der Waals surface area contributed by atoms with E-state index in [-0.39, 0.29) is 5.97 Å². The van der Waals surface area contributed by atoms with Crippen molar-refractivity contribution in [2.75, 3.05) is 7.11 Å². The van der Waals surface area contributed by atoms with Gasteiger partial charge >= 0.3 is 5.97 Å². The van der Waals surface area contributed by atoms with Gasteiger partial charge in [0.15, 0.2) is 0 Å². The highest BCUT2D eigenvalue weighted by Crippen LogP contribution is 2.28. The molecule has 0 saturated heterocycles. The lowest BCUT2D eigenvalue weighted by molar-refractivity contribution is 0.0607. The van der Waals surface area contributed by atoms with Crippen LogP contribution in [-0.2, 0) is 4.74 Å². The zero-order valence-electron chi connectivity index (χ0n) is 8.27. The molecule has 1 aromatic carbocycles. The van der Waals surface area contributed by atoms with Gasteiger partial charge in [0.1, 0.15) is 4.88 Å². The van der Waals surface area contributed by atoms with Gasteiger partial charge in [-0.05, 0) is 17.0 Å². The van der Waals surface area contributed by atoms with E-state index in [2.05, 4.69) is 0 Å². The van der Waals surface area contributed by atoms with Crippen LogP contribution in [0.25, 0.3) is 11.1 Å². The highest BCUT2D eigenvalue weighted by molar-refractivity contribution is 7.12. The zero-order valence-corrected chi connectivity index (χ0v) is 9.08. The Morgan fingerprint density at radius 3 is 2.60 bits per heavy atom. The summed E-state index contributed by atoms with van der Waals surface area (Å²) in [6, 6.07) is 11.8. The quantitative estimate of drug-likeness (QED) is 0.723. The summed E-state index contributed by atoms with van der Waals surface area (Å²) in [6.45, 7) is 0. The molecule has 0 atom stereocenters. The predicted octanol–water partition coefficient (Wildman–Crippen LogP) is 3.20. The van der Waals surface area contributed by atoms with E-state index in [4.69, 9.17) is 4.74 Å². The van der Waals surface area contributed by atoms with Gasteiger partial charge in [-0.3, -0.25) is 0 Å². The average Bonchev–Trinajstić information content (AvgIpc) is 2.78. The van der Waals surface area contributed by atoms with Crippen LogP contribution in [-0.4, -0.2) is 13.1 Å². The van der Waals surface area contributed by atoms with E-state index >= 15 is 0 Å². The molecule has 0 bridgehead atoms. The lowest BCUT2D eigenvalue weighted by Crippen LogP contribution is -1.99. The normalized spacial score (nSPS) is 9.93. The van der Waals surface area contributed by atoms with Crippen molar-refractivity contribution >= 4 is 17.3 Å². The molecular weight excluding hydrogens is 208 g/mol. The van der Waals surface area contributed by atoms with Crippen LogP contribution in [0.3, 0.4) is 0 Å². The van der Waals surface area contributed by atoms with Crippen LogP contribution in [0.15, 0.2) is 41.8 Å². The molecule has 2 rings (SSSR count). The Hall–Kier alpha value is -1.61. The van der Waals surface area contributed by atoms with Crippen LogP contribution >= 0.6 is 11.3 Å². The number of rotatable bonds is 2. The number of ether oxygens (including phenoxy) is 1. The summed E-state index contributed by atoms with van der Waals surface area (Å²) >= 11 is 1.40. The summed E-state index contributed by atoms with van der Waals surface area (Å²) in [5.41, 5.74) is 1.98. The number of hydrogen-bond acceptors (Lipinski definition) is 3. The van der Waals surface area contributed by atoms with Gasteiger partial charge in [0.05, 0.1) is 7.11 Å². The summed E-state index contributed by atoms with van der Waals surface area (Å²) < 4.78 is 4.73. The molecule has 1 aromatic heterocycles. The van der Waals surface area contributed by atoms with Gasteiger partial charge in [-0.2, -0.15) is 0 Å². The van der Waals surface area contributed by atoms with E-state index in [1.165, 1.54) is 18.4 Å². The lowest BCUT2D eigenvalue weighted by Gasteiger charge is -2.01. The Morgan fingerprint density at radius 1 is 1.20 bits per heavy atom. The molecule has 0 saturated carbocycles. The van der Waals surface area contributed by atoms with Crippen LogP contribution in [0.1, 0.15) is 9.67 Å². The van der Waals surface area contributed by atoms with Crippen molar-refractivity contribution in [1.82, 2.24) is 0 Å². The molecular formula is C12H10O2S. The van der Waals surface area contributed by atoms with Gasteiger partial charge in [0.2, 0.25) is 0 Å². The zero-order chi connectivity index (χ0) is 10.7. The summed E-state index contributed by atoms with van der Waals surface area (Å²) in [6.07, 6.45) is 0. The van der Waals surface area contributed by atoms with Crippen LogP contribution in [0.5, 0.6) is 0 Å². The monoisotopic (exact) mass is 218 g/mol. The number of carbonyl (C=O) groups excluding carboxylic acids is 1. The van der Waals surface area contributed by atoms with Gasteiger partial charge in [-0.25, -0.2) is 4.79 Å². The van der Waals surface area contributed by atoms with Crippen LogP contribution < -0.4 is 0 Å². The summed E-state index contributed by atoms with van der Waals surface area (Å²) in [5.74, 6) is -0.274. The van der Waals surface area contributed by atoms with Crippen LogP contribution in [0, 0.1) is 0 Å². The van der Waals surface area contributed by atoms with Gasteiger partial charge in [-0.1, -0.05) is 30.3 Å². The Morgan fingerprint density at radius 2 is 1.93 bits per heavy atom. The molecule has 15 heavy (non-hydrogen) atoms. The average molecular weight is 218 g/mol. The lowest BCUT2D eigenvalue weighted by atomic mass is 10.1. The third kappa shape index (κ3) is 1.92. The van der Waals surface area contributed by atoms with Crippen molar-refractivity contribution in [2.24, 2.45) is 0 Å². The molecule has 0 N–H and O–H groups in total. The van der Waals surface area contributed by atoms with Crippen molar-refractivity contribution < 1.29 is 9.53 Å². The summed E-state index contributed by atoms with van der Waals surface area (Å²) in [7, 11) is 1.40. The Balaban J connectivity index is 2.46. The fraction of sp³-hybridized carbons (Fsp3) is 0.0833. The summed E-state index contributed by atoms with van der Waals surface area (Å²) in [4.78, 5) is 12.1. The Bertz CT molecular complexity index is 459. The second kappa shape index (κ2) is 4.28. The maximum absolute atomic E-state index is 11.5. The largest absolute Gasteiger partial charge is 0.465 e. The van der Waals surface area contributed by atoms with Crippen molar-refractivity contribution in [3.05, 3.63) is 46.7 Å². The third-order valence-corrected chi connectivity index (χ3v) is 3.02. The first-order chi connectivity index (χ1) is 7.33. The van der Waals surface area contributed by atoms with E-state index in [0.717, 1.165) is 11.1 Å². The Labute approximate surface area is 92.1 Å². The molecule has 0 fully saturated rings. The molecule has 0 unspecified atom stereocenters. The number of thiophene rings is 1. The first-order valence-corrected chi connectivity index (χ1v) is 5.42. The molecule has 76 valence electrons. The van der Waals surface area contributed by atoms with E-state index in [0.29, 0.717) is 4.88 Å².